The van der Waals surface area contributed by atoms with Crippen molar-refractivity contribution in [3.05, 3.63) is 64.1 Å². The van der Waals surface area contributed by atoms with Crippen LogP contribution in [0.1, 0.15) is 11.3 Å². The van der Waals surface area contributed by atoms with Crippen LogP contribution in [0.3, 0.4) is 0 Å². The molecule has 0 radical (unpaired) electrons. The van der Waals surface area contributed by atoms with E-state index in [1.165, 1.54) is 15.1 Å². The van der Waals surface area contributed by atoms with Gasteiger partial charge in [0.25, 0.3) is 5.56 Å². The van der Waals surface area contributed by atoms with Crippen LogP contribution in [-0.2, 0) is 6.54 Å². The maximum Gasteiger partial charge on any atom is 0.276 e. The standard InChI is InChI=1S/C14H13FN4O/c1-9-7-13-14(20)18(5-6-19(13)17-9)8-10-11(15)3-2-4-12(10)16/h2-7H,8,16H2,1H3. The molecule has 0 spiro atoms. The average molecular weight is 272 g/mol. The maximum atomic E-state index is 13.8. The van der Waals surface area contributed by atoms with Gasteiger partial charge in [0.05, 0.1) is 12.2 Å². The molecule has 0 saturated carbocycles. The lowest BCUT2D eigenvalue weighted by Crippen LogP contribution is -2.22. The number of benzene rings is 1. The summed E-state index contributed by atoms with van der Waals surface area (Å²) < 4.78 is 16.7. The third kappa shape index (κ3) is 1.95. The Kier molecular flexibility index (Phi) is 2.78. The van der Waals surface area contributed by atoms with E-state index in [2.05, 4.69) is 5.10 Å². The fraction of sp³-hybridized carbons (Fsp3) is 0.143. The molecule has 2 heterocycles. The van der Waals surface area contributed by atoms with E-state index in [-0.39, 0.29) is 12.1 Å². The molecule has 0 bridgehead atoms. The van der Waals surface area contributed by atoms with Gasteiger partial charge in [-0.1, -0.05) is 6.07 Å². The van der Waals surface area contributed by atoms with Crippen LogP contribution >= 0.6 is 0 Å². The molecular weight excluding hydrogens is 259 g/mol. The van der Waals surface area contributed by atoms with E-state index in [0.29, 0.717) is 16.8 Å². The van der Waals surface area contributed by atoms with Crippen molar-refractivity contribution in [1.29, 1.82) is 0 Å². The second-order valence-electron chi connectivity index (χ2n) is 4.65. The molecule has 0 fully saturated rings. The van der Waals surface area contributed by atoms with Gasteiger partial charge in [0, 0.05) is 23.6 Å². The first-order valence-corrected chi connectivity index (χ1v) is 6.14. The van der Waals surface area contributed by atoms with Gasteiger partial charge in [-0.3, -0.25) is 4.79 Å². The number of hydrogen-bond acceptors (Lipinski definition) is 3. The van der Waals surface area contributed by atoms with Gasteiger partial charge in [-0.15, -0.1) is 0 Å². The Bertz CT molecular complexity index is 830. The number of fused-ring (bicyclic) bond motifs is 1. The van der Waals surface area contributed by atoms with Gasteiger partial charge in [0.15, 0.2) is 0 Å². The van der Waals surface area contributed by atoms with Gasteiger partial charge < -0.3 is 10.3 Å². The molecular formula is C14H13FN4O. The largest absolute Gasteiger partial charge is 0.398 e. The average Bonchev–Trinajstić information content (AvgIpc) is 2.78. The topological polar surface area (TPSA) is 65.3 Å². The van der Waals surface area contributed by atoms with Crippen LogP contribution in [0.15, 0.2) is 41.5 Å². The van der Waals surface area contributed by atoms with Crippen LogP contribution in [0, 0.1) is 12.7 Å². The third-order valence-electron chi connectivity index (χ3n) is 3.21. The molecule has 0 aliphatic heterocycles. The summed E-state index contributed by atoms with van der Waals surface area (Å²) in [5.41, 5.74) is 7.40. The second-order valence-corrected chi connectivity index (χ2v) is 4.65. The molecule has 0 aliphatic rings. The first kappa shape index (κ1) is 12.4. The molecule has 2 N–H and O–H groups in total. The number of nitrogens with zero attached hydrogens (tertiary/aromatic N) is 3. The molecule has 0 unspecified atom stereocenters. The Morgan fingerprint density at radius 1 is 1.35 bits per heavy atom. The zero-order valence-corrected chi connectivity index (χ0v) is 10.9. The molecule has 3 rings (SSSR count). The molecule has 0 saturated heterocycles. The second kappa shape index (κ2) is 4.48. The minimum absolute atomic E-state index is 0.0953. The lowest BCUT2D eigenvalue weighted by atomic mass is 10.1. The molecule has 5 nitrogen and oxygen atoms in total. The fourth-order valence-corrected chi connectivity index (χ4v) is 2.19. The Morgan fingerprint density at radius 2 is 2.15 bits per heavy atom. The number of hydrogen-bond donors (Lipinski definition) is 1. The molecule has 0 atom stereocenters. The SMILES string of the molecule is Cc1cc2c(=O)n(Cc3c(N)cccc3F)ccn2n1. The monoisotopic (exact) mass is 272 g/mol. The fourth-order valence-electron chi connectivity index (χ4n) is 2.19. The molecule has 102 valence electrons. The minimum atomic E-state index is -0.415. The van der Waals surface area contributed by atoms with Gasteiger partial charge in [0.1, 0.15) is 11.3 Å². The highest BCUT2D eigenvalue weighted by Gasteiger charge is 2.10. The molecule has 2 aromatic heterocycles. The molecule has 0 aliphatic carbocycles. The first-order valence-electron chi connectivity index (χ1n) is 6.14. The lowest BCUT2D eigenvalue weighted by Gasteiger charge is -2.09. The zero-order chi connectivity index (χ0) is 14.3. The number of anilines is 1. The van der Waals surface area contributed by atoms with E-state index in [0.717, 1.165) is 5.69 Å². The predicted molar refractivity (Wildman–Crippen MR) is 74.1 cm³/mol. The molecule has 6 heteroatoms. The van der Waals surface area contributed by atoms with Gasteiger partial charge in [-0.2, -0.15) is 5.10 Å². The molecule has 3 aromatic rings. The third-order valence-corrected chi connectivity index (χ3v) is 3.21. The quantitative estimate of drug-likeness (QED) is 0.720. The van der Waals surface area contributed by atoms with Gasteiger partial charge in [-0.05, 0) is 25.1 Å². The van der Waals surface area contributed by atoms with E-state index in [4.69, 9.17) is 5.73 Å². The van der Waals surface area contributed by atoms with Crippen molar-refractivity contribution in [2.45, 2.75) is 13.5 Å². The van der Waals surface area contributed by atoms with E-state index < -0.39 is 5.82 Å². The summed E-state index contributed by atoms with van der Waals surface area (Å²) in [6.07, 6.45) is 3.24. The number of aryl methyl sites for hydroxylation is 1. The van der Waals surface area contributed by atoms with E-state index in [9.17, 15) is 9.18 Å². The van der Waals surface area contributed by atoms with Crippen molar-refractivity contribution in [1.82, 2.24) is 14.2 Å². The lowest BCUT2D eigenvalue weighted by molar-refractivity contribution is 0.597. The highest BCUT2D eigenvalue weighted by Crippen LogP contribution is 2.16. The van der Waals surface area contributed by atoms with E-state index in [1.807, 2.05) is 6.92 Å². The summed E-state index contributed by atoms with van der Waals surface area (Å²) in [4.78, 5) is 12.3. The zero-order valence-electron chi connectivity index (χ0n) is 10.9. The number of nitrogen functional groups attached to an aromatic ring is 1. The minimum Gasteiger partial charge on any atom is -0.398 e. The van der Waals surface area contributed by atoms with Crippen molar-refractivity contribution in [2.75, 3.05) is 5.73 Å². The molecule has 20 heavy (non-hydrogen) atoms. The Hall–Kier alpha value is -2.63. The normalized spacial score (nSPS) is 11.1. The number of aromatic nitrogens is 3. The Morgan fingerprint density at radius 3 is 2.90 bits per heavy atom. The van der Waals surface area contributed by atoms with Crippen LogP contribution in [-0.4, -0.2) is 14.2 Å². The van der Waals surface area contributed by atoms with Gasteiger partial charge >= 0.3 is 0 Å². The van der Waals surface area contributed by atoms with Crippen molar-refractivity contribution in [3.8, 4) is 0 Å². The van der Waals surface area contributed by atoms with Crippen LogP contribution in [0.2, 0.25) is 0 Å². The van der Waals surface area contributed by atoms with Crippen molar-refractivity contribution < 1.29 is 4.39 Å². The number of rotatable bonds is 2. The van der Waals surface area contributed by atoms with Crippen molar-refractivity contribution >= 4 is 11.2 Å². The van der Waals surface area contributed by atoms with Gasteiger partial charge in [0.2, 0.25) is 0 Å². The van der Waals surface area contributed by atoms with Crippen LogP contribution in [0.25, 0.3) is 5.52 Å². The van der Waals surface area contributed by atoms with Gasteiger partial charge in [-0.25, -0.2) is 8.91 Å². The summed E-state index contributed by atoms with van der Waals surface area (Å²) >= 11 is 0. The maximum absolute atomic E-state index is 13.8. The highest BCUT2D eigenvalue weighted by molar-refractivity contribution is 5.48. The molecule has 1 aromatic carbocycles. The van der Waals surface area contributed by atoms with E-state index >= 15 is 0 Å². The number of nitrogens with two attached hydrogens (primary N) is 1. The van der Waals surface area contributed by atoms with Crippen molar-refractivity contribution in [2.24, 2.45) is 0 Å². The smallest absolute Gasteiger partial charge is 0.276 e. The molecule has 0 amide bonds. The van der Waals surface area contributed by atoms with Crippen molar-refractivity contribution in [3.63, 3.8) is 0 Å². The Balaban J connectivity index is 2.12. The van der Waals surface area contributed by atoms with Crippen LogP contribution in [0.5, 0.6) is 0 Å². The highest BCUT2D eigenvalue weighted by atomic mass is 19.1. The van der Waals surface area contributed by atoms with Crippen LogP contribution in [0.4, 0.5) is 10.1 Å². The predicted octanol–water partition coefficient (Wildman–Crippen LogP) is 1.57. The number of halogens is 1. The van der Waals surface area contributed by atoms with E-state index in [1.54, 1.807) is 30.6 Å². The first-order chi connectivity index (χ1) is 9.56. The summed E-state index contributed by atoms with van der Waals surface area (Å²) in [7, 11) is 0. The summed E-state index contributed by atoms with van der Waals surface area (Å²) in [6, 6.07) is 6.19. The summed E-state index contributed by atoms with van der Waals surface area (Å²) in [5.74, 6) is -0.415. The Labute approximate surface area is 114 Å². The van der Waals surface area contributed by atoms with Crippen LogP contribution < -0.4 is 11.3 Å². The summed E-state index contributed by atoms with van der Waals surface area (Å²) in [5, 5.41) is 4.16. The summed E-state index contributed by atoms with van der Waals surface area (Å²) in [6.45, 7) is 1.91.